The molecule has 0 atom stereocenters. The number of methoxy groups -OCH3 is 2. The second-order valence-electron chi connectivity index (χ2n) is 6.56. The van der Waals surface area contributed by atoms with Gasteiger partial charge in [0.05, 0.1) is 29.2 Å². The number of nitrogens with zero attached hydrogens (tertiary/aromatic N) is 3. The maximum Gasteiger partial charge on any atom is 0.244 e. The maximum atomic E-state index is 13.0. The van der Waals surface area contributed by atoms with Crippen molar-refractivity contribution in [3.05, 3.63) is 52.0 Å². The standard InChI is InChI=1S/C20H22BrN3O4S/c1-27-17-8-7-16(19(21)20(17)28-2)14-23-9-11-24(12-10-23)29(25,26)18-6-4-3-5-15(18)13-22/h3-8H,9-12,14H2,1-2H3. The molecule has 0 amide bonds. The van der Waals surface area contributed by atoms with Gasteiger partial charge in [-0.2, -0.15) is 9.57 Å². The first-order valence-electron chi connectivity index (χ1n) is 9.03. The third-order valence-corrected chi connectivity index (χ3v) is 7.74. The summed E-state index contributed by atoms with van der Waals surface area (Å²) in [6.45, 7) is 2.58. The largest absolute Gasteiger partial charge is 0.493 e. The van der Waals surface area contributed by atoms with Crippen LogP contribution in [0.4, 0.5) is 0 Å². The van der Waals surface area contributed by atoms with Crippen LogP contribution in [0, 0.1) is 11.3 Å². The fourth-order valence-electron chi connectivity index (χ4n) is 3.34. The molecule has 2 aromatic rings. The second kappa shape index (κ2) is 9.13. The van der Waals surface area contributed by atoms with Gasteiger partial charge in [0, 0.05) is 32.7 Å². The average molecular weight is 480 g/mol. The Morgan fingerprint density at radius 2 is 1.76 bits per heavy atom. The zero-order valence-electron chi connectivity index (χ0n) is 16.3. The van der Waals surface area contributed by atoms with Crippen LogP contribution in [0.15, 0.2) is 45.8 Å². The predicted molar refractivity (Wildman–Crippen MR) is 112 cm³/mol. The molecule has 1 fully saturated rings. The summed E-state index contributed by atoms with van der Waals surface area (Å²) in [6, 6.07) is 12.1. The molecule has 1 aliphatic rings. The molecule has 0 spiro atoms. The second-order valence-corrected chi connectivity index (χ2v) is 9.26. The Morgan fingerprint density at radius 1 is 1.07 bits per heavy atom. The minimum absolute atomic E-state index is 0.0681. The Labute approximate surface area is 179 Å². The molecule has 0 bridgehead atoms. The van der Waals surface area contributed by atoms with Gasteiger partial charge in [0.2, 0.25) is 10.0 Å². The molecule has 1 saturated heterocycles. The van der Waals surface area contributed by atoms with Gasteiger partial charge in [0.1, 0.15) is 6.07 Å². The first-order valence-corrected chi connectivity index (χ1v) is 11.3. The third kappa shape index (κ3) is 4.41. The van der Waals surface area contributed by atoms with E-state index in [2.05, 4.69) is 20.8 Å². The van der Waals surface area contributed by atoms with Crippen molar-refractivity contribution in [2.24, 2.45) is 0 Å². The number of ether oxygens (including phenoxy) is 2. The number of hydrogen-bond acceptors (Lipinski definition) is 6. The molecule has 2 aromatic carbocycles. The van der Waals surface area contributed by atoms with E-state index in [0.29, 0.717) is 44.2 Å². The lowest BCUT2D eigenvalue weighted by Gasteiger charge is -2.34. The third-order valence-electron chi connectivity index (χ3n) is 4.92. The maximum absolute atomic E-state index is 13.0. The van der Waals surface area contributed by atoms with Crippen LogP contribution in [0.2, 0.25) is 0 Å². The molecule has 154 valence electrons. The number of rotatable bonds is 6. The Kier molecular flexibility index (Phi) is 6.80. The molecule has 0 N–H and O–H groups in total. The van der Waals surface area contributed by atoms with E-state index >= 15 is 0 Å². The molecule has 0 aliphatic carbocycles. The molecule has 0 radical (unpaired) electrons. The van der Waals surface area contributed by atoms with Crippen molar-refractivity contribution in [2.75, 3.05) is 40.4 Å². The summed E-state index contributed by atoms with van der Waals surface area (Å²) >= 11 is 3.58. The van der Waals surface area contributed by atoms with Crippen molar-refractivity contribution in [2.45, 2.75) is 11.4 Å². The van der Waals surface area contributed by atoms with Gasteiger partial charge in [0.15, 0.2) is 11.5 Å². The Hall–Kier alpha value is -2.12. The van der Waals surface area contributed by atoms with Gasteiger partial charge in [-0.3, -0.25) is 4.90 Å². The zero-order valence-corrected chi connectivity index (χ0v) is 18.7. The fourth-order valence-corrected chi connectivity index (χ4v) is 5.52. The van der Waals surface area contributed by atoms with Gasteiger partial charge < -0.3 is 9.47 Å². The average Bonchev–Trinajstić information content (AvgIpc) is 2.75. The molecule has 29 heavy (non-hydrogen) atoms. The van der Waals surface area contributed by atoms with Crippen LogP contribution in [0.5, 0.6) is 11.5 Å². The smallest absolute Gasteiger partial charge is 0.244 e. The van der Waals surface area contributed by atoms with Crippen LogP contribution in [0.25, 0.3) is 0 Å². The van der Waals surface area contributed by atoms with Gasteiger partial charge in [-0.1, -0.05) is 18.2 Å². The molecule has 3 rings (SSSR count). The highest BCUT2D eigenvalue weighted by Crippen LogP contribution is 2.38. The number of piperazine rings is 1. The number of halogens is 1. The molecule has 1 aliphatic heterocycles. The monoisotopic (exact) mass is 479 g/mol. The first kappa shape index (κ1) is 21.6. The van der Waals surface area contributed by atoms with E-state index in [1.807, 2.05) is 18.2 Å². The topological polar surface area (TPSA) is 82.9 Å². The van der Waals surface area contributed by atoms with Crippen molar-refractivity contribution >= 4 is 26.0 Å². The van der Waals surface area contributed by atoms with Crippen molar-refractivity contribution in [1.82, 2.24) is 9.21 Å². The van der Waals surface area contributed by atoms with Crippen molar-refractivity contribution in [3.8, 4) is 17.6 Å². The molecule has 0 aromatic heterocycles. The SMILES string of the molecule is COc1ccc(CN2CCN(S(=O)(=O)c3ccccc3C#N)CC2)c(Br)c1OC. The van der Waals surface area contributed by atoms with E-state index in [9.17, 15) is 13.7 Å². The summed E-state index contributed by atoms with van der Waals surface area (Å²) in [4.78, 5) is 2.26. The van der Waals surface area contributed by atoms with Crippen LogP contribution in [-0.2, 0) is 16.6 Å². The Bertz CT molecular complexity index is 1030. The molecule has 9 heteroatoms. The van der Waals surface area contributed by atoms with E-state index < -0.39 is 10.0 Å². The minimum Gasteiger partial charge on any atom is -0.493 e. The van der Waals surface area contributed by atoms with Gasteiger partial charge in [-0.15, -0.1) is 0 Å². The highest BCUT2D eigenvalue weighted by molar-refractivity contribution is 9.10. The zero-order chi connectivity index (χ0) is 21.0. The molecule has 0 unspecified atom stereocenters. The summed E-state index contributed by atoms with van der Waals surface area (Å²) in [5.74, 6) is 1.29. The van der Waals surface area contributed by atoms with Crippen LogP contribution in [0.3, 0.4) is 0 Å². The van der Waals surface area contributed by atoms with Crippen LogP contribution >= 0.6 is 15.9 Å². The highest BCUT2D eigenvalue weighted by Gasteiger charge is 2.30. The van der Waals surface area contributed by atoms with E-state index in [-0.39, 0.29) is 10.5 Å². The van der Waals surface area contributed by atoms with Crippen LogP contribution in [0.1, 0.15) is 11.1 Å². The number of sulfonamides is 1. The van der Waals surface area contributed by atoms with E-state index in [1.54, 1.807) is 26.4 Å². The number of benzene rings is 2. The molecular formula is C20H22BrN3O4S. The molecule has 1 heterocycles. The number of hydrogen-bond donors (Lipinski definition) is 0. The summed E-state index contributed by atoms with van der Waals surface area (Å²) in [5, 5.41) is 9.23. The van der Waals surface area contributed by atoms with Gasteiger partial charge in [-0.25, -0.2) is 8.42 Å². The predicted octanol–water partition coefficient (Wildman–Crippen LogP) is 2.84. The first-order chi connectivity index (χ1) is 13.9. The quantitative estimate of drug-likeness (QED) is 0.633. The lowest BCUT2D eigenvalue weighted by atomic mass is 10.1. The number of nitriles is 1. The fraction of sp³-hybridized carbons (Fsp3) is 0.350. The molecular weight excluding hydrogens is 458 g/mol. The van der Waals surface area contributed by atoms with Gasteiger partial charge >= 0.3 is 0 Å². The Morgan fingerprint density at radius 3 is 2.38 bits per heavy atom. The van der Waals surface area contributed by atoms with Crippen LogP contribution < -0.4 is 9.47 Å². The normalized spacial score (nSPS) is 15.7. The summed E-state index contributed by atoms with van der Waals surface area (Å²) in [7, 11) is -0.507. The summed E-state index contributed by atoms with van der Waals surface area (Å²) < 4.78 is 38.9. The summed E-state index contributed by atoms with van der Waals surface area (Å²) in [5.41, 5.74) is 1.21. The van der Waals surface area contributed by atoms with Crippen molar-refractivity contribution < 1.29 is 17.9 Å². The van der Waals surface area contributed by atoms with Gasteiger partial charge in [0.25, 0.3) is 0 Å². The molecule has 7 nitrogen and oxygen atoms in total. The lowest BCUT2D eigenvalue weighted by molar-refractivity contribution is 0.181. The van der Waals surface area contributed by atoms with Gasteiger partial charge in [-0.05, 0) is 39.7 Å². The van der Waals surface area contributed by atoms with E-state index in [0.717, 1.165) is 10.0 Å². The minimum atomic E-state index is -3.69. The van der Waals surface area contributed by atoms with Crippen LogP contribution in [-0.4, -0.2) is 58.0 Å². The lowest BCUT2D eigenvalue weighted by Crippen LogP contribution is -2.48. The van der Waals surface area contributed by atoms with Crippen molar-refractivity contribution in [3.63, 3.8) is 0 Å². The highest BCUT2D eigenvalue weighted by atomic mass is 79.9. The summed E-state index contributed by atoms with van der Waals surface area (Å²) in [6.07, 6.45) is 0. The van der Waals surface area contributed by atoms with E-state index in [1.165, 1.54) is 16.4 Å². The van der Waals surface area contributed by atoms with E-state index in [4.69, 9.17) is 9.47 Å². The molecule has 0 saturated carbocycles. The Balaban J connectivity index is 1.71. The van der Waals surface area contributed by atoms with Crippen molar-refractivity contribution in [1.29, 1.82) is 5.26 Å².